The molecule has 0 heterocycles. The first-order valence-corrected chi connectivity index (χ1v) is 5.57. The van der Waals surface area contributed by atoms with Crippen LogP contribution in [0, 0.1) is 0 Å². The normalized spacial score (nSPS) is 17.3. The number of nitrogens with two attached hydrogens (primary N) is 1. The van der Waals surface area contributed by atoms with Crippen LogP contribution in [0.25, 0.3) is 0 Å². The molecule has 7 heteroatoms. The van der Waals surface area contributed by atoms with E-state index < -0.39 is 17.6 Å². The average molecular weight is 279 g/mol. The van der Waals surface area contributed by atoms with Gasteiger partial charge in [-0.25, -0.2) is 0 Å². The molecule has 2 rings (SSSR count). The second-order valence-electron chi connectivity index (χ2n) is 4.27. The topological polar surface area (TPSA) is 55.1 Å². The highest BCUT2D eigenvalue weighted by molar-refractivity contribution is 6.31. The molecule has 1 aliphatic rings. The van der Waals surface area contributed by atoms with E-state index in [1.807, 2.05) is 5.32 Å². The molecule has 98 valence electrons. The lowest BCUT2D eigenvalue weighted by atomic mass is 10.1. The Kier molecular flexibility index (Phi) is 2.93. The Bertz CT molecular complexity index is 498. The van der Waals surface area contributed by atoms with Crippen molar-refractivity contribution in [2.45, 2.75) is 24.6 Å². The molecule has 3 nitrogen and oxygen atoms in total. The molecule has 1 fully saturated rings. The minimum Gasteiger partial charge on any atom is -0.398 e. The van der Waals surface area contributed by atoms with E-state index in [1.54, 1.807) is 0 Å². The number of halogens is 4. The number of carbonyl (C=O) groups is 1. The predicted molar refractivity (Wildman–Crippen MR) is 61.4 cm³/mol. The minimum absolute atomic E-state index is 0.0435. The van der Waals surface area contributed by atoms with Crippen molar-refractivity contribution in [1.29, 1.82) is 0 Å². The van der Waals surface area contributed by atoms with Gasteiger partial charge in [0.2, 0.25) is 0 Å². The van der Waals surface area contributed by atoms with Gasteiger partial charge in [-0.3, -0.25) is 4.79 Å². The van der Waals surface area contributed by atoms with Crippen molar-refractivity contribution in [3.05, 3.63) is 28.8 Å². The van der Waals surface area contributed by atoms with Crippen LogP contribution in [0.5, 0.6) is 0 Å². The number of carbonyl (C=O) groups excluding carboxylic acids is 1. The summed E-state index contributed by atoms with van der Waals surface area (Å²) in [7, 11) is 0. The van der Waals surface area contributed by atoms with E-state index >= 15 is 0 Å². The summed E-state index contributed by atoms with van der Waals surface area (Å²) in [6.07, 6.45) is -4.67. The SMILES string of the molecule is Nc1ccc(Cl)cc1C(=O)NC1(C(F)(F)F)CC1. The Labute approximate surface area is 106 Å². The van der Waals surface area contributed by atoms with E-state index in [4.69, 9.17) is 17.3 Å². The molecule has 0 unspecified atom stereocenters. The number of hydrogen-bond donors (Lipinski definition) is 2. The van der Waals surface area contributed by atoms with Gasteiger partial charge < -0.3 is 11.1 Å². The Balaban J connectivity index is 2.21. The molecule has 3 N–H and O–H groups in total. The van der Waals surface area contributed by atoms with Gasteiger partial charge >= 0.3 is 6.18 Å². The van der Waals surface area contributed by atoms with Gasteiger partial charge in [-0.15, -0.1) is 0 Å². The van der Waals surface area contributed by atoms with Crippen molar-refractivity contribution >= 4 is 23.2 Å². The third-order valence-electron chi connectivity index (χ3n) is 2.91. The molecule has 0 radical (unpaired) electrons. The molecule has 0 bridgehead atoms. The van der Waals surface area contributed by atoms with Crippen LogP contribution in [0.15, 0.2) is 18.2 Å². The van der Waals surface area contributed by atoms with Crippen LogP contribution >= 0.6 is 11.6 Å². The van der Waals surface area contributed by atoms with E-state index in [0.717, 1.165) is 0 Å². The lowest BCUT2D eigenvalue weighted by molar-refractivity contribution is -0.163. The summed E-state index contributed by atoms with van der Waals surface area (Å²) < 4.78 is 38.0. The molecular formula is C11H10ClF3N2O. The lowest BCUT2D eigenvalue weighted by Crippen LogP contribution is -2.48. The van der Waals surface area contributed by atoms with E-state index in [-0.39, 0.29) is 29.1 Å². The van der Waals surface area contributed by atoms with Crippen molar-refractivity contribution < 1.29 is 18.0 Å². The fraction of sp³-hybridized carbons (Fsp3) is 0.364. The highest BCUT2D eigenvalue weighted by Crippen LogP contribution is 2.49. The predicted octanol–water partition coefficient (Wildman–Crippen LogP) is 2.75. The van der Waals surface area contributed by atoms with Gasteiger partial charge in [-0.05, 0) is 31.0 Å². The smallest absolute Gasteiger partial charge is 0.398 e. The summed E-state index contributed by atoms with van der Waals surface area (Å²) in [6, 6.07) is 4.09. The van der Waals surface area contributed by atoms with Crippen molar-refractivity contribution in [3.8, 4) is 0 Å². The van der Waals surface area contributed by atoms with E-state index in [0.29, 0.717) is 0 Å². The number of amides is 1. The van der Waals surface area contributed by atoms with Crippen LogP contribution in [0.3, 0.4) is 0 Å². The Morgan fingerprint density at radius 2 is 2.00 bits per heavy atom. The Morgan fingerprint density at radius 3 is 2.50 bits per heavy atom. The number of rotatable bonds is 2. The number of nitrogen functional groups attached to an aromatic ring is 1. The summed E-state index contributed by atoms with van der Waals surface area (Å²) in [5.41, 5.74) is 3.49. The van der Waals surface area contributed by atoms with Crippen LogP contribution in [0.2, 0.25) is 5.02 Å². The highest BCUT2D eigenvalue weighted by Gasteiger charge is 2.64. The lowest BCUT2D eigenvalue weighted by Gasteiger charge is -2.21. The zero-order valence-corrected chi connectivity index (χ0v) is 9.90. The zero-order chi connectivity index (χ0) is 13.6. The Morgan fingerprint density at radius 1 is 1.39 bits per heavy atom. The maximum Gasteiger partial charge on any atom is 0.411 e. The number of benzene rings is 1. The number of hydrogen-bond acceptors (Lipinski definition) is 2. The van der Waals surface area contributed by atoms with Crippen LogP contribution < -0.4 is 11.1 Å². The van der Waals surface area contributed by atoms with Crippen LogP contribution in [0.4, 0.5) is 18.9 Å². The molecule has 1 saturated carbocycles. The van der Waals surface area contributed by atoms with Crippen molar-refractivity contribution in [3.63, 3.8) is 0 Å². The van der Waals surface area contributed by atoms with Gasteiger partial charge in [-0.1, -0.05) is 11.6 Å². The van der Waals surface area contributed by atoms with Gasteiger partial charge in [0.05, 0.1) is 5.56 Å². The third kappa shape index (κ3) is 2.25. The van der Waals surface area contributed by atoms with Crippen molar-refractivity contribution in [1.82, 2.24) is 5.32 Å². The standard InChI is InChI=1S/C11H10ClF3N2O/c12-6-1-2-8(16)7(5-6)9(18)17-10(3-4-10)11(13,14)15/h1-2,5H,3-4,16H2,(H,17,18). The van der Waals surface area contributed by atoms with Crippen molar-refractivity contribution in [2.75, 3.05) is 5.73 Å². The highest BCUT2D eigenvalue weighted by atomic mass is 35.5. The van der Waals surface area contributed by atoms with Gasteiger partial charge in [0.1, 0.15) is 5.54 Å². The summed E-state index contributed by atoms with van der Waals surface area (Å²) >= 11 is 5.68. The number of alkyl halides is 3. The maximum atomic E-state index is 12.7. The number of nitrogens with one attached hydrogen (secondary N) is 1. The van der Waals surface area contributed by atoms with Gasteiger partial charge in [0, 0.05) is 10.7 Å². The van der Waals surface area contributed by atoms with Gasteiger partial charge in [0.25, 0.3) is 5.91 Å². The summed E-state index contributed by atoms with van der Waals surface area (Å²) in [5.74, 6) is -0.857. The van der Waals surface area contributed by atoms with E-state index in [2.05, 4.69) is 0 Å². The quantitative estimate of drug-likeness (QED) is 0.817. The number of anilines is 1. The molecule has 0 saturated heterocycles. The second-order valence-corrected chi connectivity index (χ2v) is 4.70. The first-order chi connectivity index (χ1) is 8.25. The molecule has 1 aromatic carbocycles. The summed E-state index contributed by atoms with van der Waals surface area (Å²) in [5, 5.41) is 2.23. The van der Waals surface area contributed by atoms with Crippen LogP contribution in [-0.2, 0) is 0 Å². The molecule has 0 aromatic heterocycles. The zero-order valence-electron chi connectivity index (χ0n) is 9.14. The molecule has 18 heavy (non-hydrogen) atoms. The Hall–Kier alpha value is -1.43. The molecule has 0 spiro atoms. The maximum absolute atomic E-state index is 12.7. The molecular weight excluding hydrogens is 269 g/mol. The largest absolute Gasteiger partial charge is 0.411 e. The molecule has 0 aliphatic heterocycles. The first kappa shape index (κ1) is 13.0. The minimum atomic E-state index is -4.45. The molecule has 1 amide bonds. The molecule has 1 aliphatic carbocycles. The van der Waals surface area contributed by atoms with E-state index in [9.17, 15) is 18.0 Å². The fourth-order valence-corrected chi connectivity index (χ4v) is 1.79. The van der Waals surface area contributed by atoms with Gasteiger partial charge in [0.15, 0.2) is 0 Å². The van der Waals surface area contributed by atoms with Crippen molar-refractivity contribution in [2.24, 2.45) is 0 Å². The van der Waals surface area contributed by atoms with Gasteiger partial charge in [-0.2, -0.15) is 13.2 Å². The van der Waals surface area contributed by atoms with Crippen LogP contribution in [0.1, 0.15) is 23.2 Å². The summed E-state index contributed by atoms with van der Waals surface area (Å²) in [4.78, 5) is 11.8. The third-order valence-corrected chi connectivity index (χ3v) is 3.14. The van der Waals surface area contributed by atoms with Crippen LogP contribution in [-0.4, -0.2) is 17.6 Å². The molecule has 1 aromatic rings. The first-order valence-electron chi connectivity index (χ1n) is 5.19. The fourth-order valence-electron chi connectivity index (χ4n) is 1.61. The average Bonchev–Trinajstić information content (AvgIpc) is 3.01. The monoisotopic (exact) mass is 278 g/mol. The summed E-state index contributed by atoms with van der Waals surface area (Å²) in [6.45, 7) is 0. The molecule has 0 atom stereocenters. The van der Waals surface area contributed by atoms with E-state index in [1.165, 1.54) is 18.2 Å². The second kappa shape index (κ2) is 4.05.